The van der Waals surface area contributed by atoms with Gasteiger partial charge in [0.1, 0.15) is 0 Å². The van der Waals surface area contributed by atoms with Gasteiger partial charge in [-0.15, -0.1) is 0 Å². The predicted octanol–water partition coefficient (Wildman–Crippen LogP) is 2.38. The van der Waals surface area contributed by atoms with Crippen LogP contribution < -0.4 is 0 Å². The summed E-state index contributed by atoms with van der Waals surface area (Å²) in [5, 5.41) is 10.8. The summed E-state index contributed by atoms with van der Waals surface area (Å²) in [4.78, 5) is 36.7. The molecule has 0 unspecified atom stereocenters. The highest BCUT2D eigenvalue weighted by atomic mass is 16.6. The number of hydrogen-bond donors (Lipinski definition) is 0. The van der Waals surface area contributed by atoms with Crippen LogP contribution in [0.1, 0.15) is 46.4 Å². The number of nitro benzene ring substituents is 1. The van der Waals surface area contributed by atoms with Crippen molar-refractivity contribution < 1.29 is 14.5 Å². The van der Waals surface area contributed by atoms with Crippen LogP contribution in [0.15, 0.2) is 18.2 Å². The molecule has 2 amide bonds. The fourth-order valence-electron chi connectivity index (χ4n) is 4.19. The summed E-state index contributed by atoms with van der Waals surface area (Å²) in [6, 6.07) is 3.90. The number of imide groups is 1. The number of carbonyl (C=O) groups excluding carboxylic acids is 2. The largest absolute Gasteiger partial charge is 0.271 e. The number of rotatable bonds is 2. The van der Waals surface area contributed by atoms with E-state index in [9.17, 15) is 19.7 Å². The van der Waals surface area contributed by atoms with Crippen LogP contribution in [0.4, 0.5) is 5.69 Å². The molecule has 2 bridgehead atoms. The van der Waals surface area contributed by atoms with Crippen molar-refractivity contribution in [3.63, 3.8) is 0 Å². The van der Waals surface area contributed by atoms with Crippen LogP contribution in [0.2, 0.25) is 0 Å². The fourth-order valence-corrected chi connectivity index (χ4v) is 4.19. The third-order valence-corrected chi connectivity index (χ3v) is 5.14. The zero-order valence-electron chi connectivity index (χ0n) is 11.3. The van der Waals surface area contributed by atoms with E-state index in [0.29, 0.717) is 17.4 Å². The minimum absolute atomic E-state index is 0.0183. The van der Waals surface area contributed by atoms with E-state index >= 15 is 0 Å². The second-order valence-electron chi connectivity index (χ2n) is 6.21. The molecule has 1 aliphatic heterocycles. The summed E-state index contributed by atoms with van der Waals surface area (Å²) in [7, 11) is 0. The van der Waals surface area contributed by atoms with Crippen molar-refractivity contribution in [2.24, 2.45) is 11.8 Å². The van der Waals surface area contributed by atoms with E-state index < -0.39 is 4.92 Å². The maximum atomic E-state index is 12.5. The van der Waals surface area contributed by atoms with Crippen LogP contribution in [-0.4, -0.2) is 27.7 Å². The molecule has 1 heterocycles. The lowest BCUT2D eigenvalue weighted by atomic mass is 9.94. The summed E-state index contributed by atoms with van der Waals surface area (Å²) in [6.45, 7) is 0. The van der Waals surface area contributed by atoms with Crippen molar-refractivity contribution in [2.45, 2.75) is 31.7 Å². The van der Waals surface area contributed by atoms with Gasteiger partial charge in [-0.25, -0.2) is 0 Å². The van der Waals surface area contributed by atoms with E-state index in [0.717, 1.165) is 19.3 Å². The number of nitrogens with zero attached hydrogens (tertiary/aromatic N) is 2. The quantitative estimate of drug-likeness (QED) is 0.475. The summed E-state index contributed by atoms with van der Waals surface area (Å²) in [6.07, 6.45) is 4.25. The van der Waals surface area contributed by atoms with E-state index in [1.54, 1.807) is 0 Å². The van der Waals surface area contributed by atoms with Gasteiger partial charge in [0.2, 0.25) is 0 Å². The zero-order valence-corrected chi connectivity index (χ0v) is 11.3. The van der Waals surface area contributed by atoms with E-state index in [2.05, 4.69) is 0 Å². The lowest BCUT2D eigenvalue weighted by molar-refractivity contribution is -0.384. The Kier molecular flexibility index (Phi) is 2.46. The number of non-ortho nitro benzene ring substituents is 1. The Balaban J connectivity index is 1.72. The third-order valence-electron chi connectivity index (χ3n) is 5.14. The lowest BCUT2D eigenvalue weighted by Crippen LogP contribution is -2.42. The molecule has 2 saturated carbocycles. The smallest absolute Gasteiger partial charge is 0.270 e. The van der Waals surface area contributed by atoms with Crippen molar-refractivity contribution in [3.8, 4) is 0 Å². The Bertz CT molecular complexity index is 684. The molecular weight excluding hydrogens is 272 g/mol. The maximum absolute atomic E-state index is 12.5. The molecule has 0 radical (unpaired) electrons. The SMILES string of the molecule is O=C1c2ccc([N+](=O)[O-])cc2C(=O)N1[C@H]1C[C@H]2CC[C@H]1C2. The Morgan fingerprint density at radius 3 is 2.48 bits per heavy atom. The van der Waals surface area contributed by atoms with Gasteiger partial charge >= 0.3 is 0 Å². The minimum atomic E-state index is -0.543. The number of carbonyl (C=O) groups is 2. The first-order valence-electron chi connectivity index (χ1n) is 7.22. The van der Waals surface area contributed by atoms with E-state index in [1.165, 1.54) is 29.5 Å². The number of nitro groups is 1. The zero-order chi connectivity index (χ0) is 14.7. The van der Waals surface area contributed by atoms with Crippen molar-refractivity contribution in [3.05, 3.63) is 39.4 Å². The summed E-state index contributed by atoms with van der Waals surface area (Å²) in [5.74, 6) is 0.379. The van der Waals surface area contributed by atoms with Crippen LogP contribution >= 0.6 is 0 Å². The highest BCUT2D eigenvalue weighted by Crippen LogP contribution is 2.48. The molecule has 0 aromatic heterocycles. The van der Waals surface area contributed by atoms with Crippen molar-refractivity contribution >= 4 is 17.5 Å². The first-order chi connectivity index (χ1) is 10.1. The van der Waals surface area contributed by atoms with Crippen LogP contribution in [0.3, 0.4) is 0 Å². The maximum Gasteiger partial charge on any atom is 0.270 e. The molecule has 6 nitrogen and oxygen atoms in total. The van der Waals surface area contributed by atoms with Gasteiger partial charge in [0, 0.05) is 18.2 Å². The van der Waals surface area contributed by atoms with Crippen LogP contribution in [-0.2, 0) is 0 Å². The molecule has 6 heteroatoms. The van der Waals surface area contributed by atoms with E-state index in [1.807, 2.05) is 0 Å². The predicted molar refractivity (Wildman–Crippen MR) is 72.8 cm³/mol. The highest BCUT2D eigenvalue weighted by molar-refractivity contribution is 6.21. The van der Waals surface area contributed by atoms with Crippen molar-refractivity contribution in [1.29, 1.82) is 0 Å². The van der Waals surface area contributed by atoms with Crippen LogP contribution in [0, 0.1) is 22.0 Å². The average molecular weight is 286 g/mol. The van der Waals surface area contributed by atoms with Gasteiger partial charge in [-0.05, 0) is 37.2 Å². The highest BCUT2D eigenvalue weighted by Gasteiger charge is 2.49. The van der Waals surface area contributed by atoms with Gasteiger partial charge in [-0.3, -0.25) is 24.6 Å². The molecule has 0 N–H and O–H groups in total. The second kappa shape index (κ2) is 4.13. The molecule has 21 heavy (non-hydrogen) atoms. The van der Waals surface area contributed by atoms with Crippen LogP contribution in [0.25, 0.3) is 0 Å². The Labute approximate surface area is 120 Å². The minimum Gasteiger partial charge on any atom is -0.271 e. The topological polar surface area (TPSA) is 80.5 Å². The lowest BCUT2D eigenvalue weighted by Gasteiger charge is -2.29. The summed E-state index contributed by atoms with van der Waals surface area (Å²) >= 11 is 0. The number of hydrogen-bond acceptors (Lipinski definition) is 4. The Morgan fingerprint density at radius 2 is 1.86 bits per heavy atom. The normalized spacial score (nSPS) is 30.1. The van der Waals surface area contributed by atoms with Gasteiger partial charge in [-0.2, -0.15) is 0 Å². The standard InChI is InChI=1S/C15H14N2O4/c18-14-11-4-3-10(17(20)21)7-12(11)15(19)16(14)13-6-8-1-2-9(13)5-8/h3-4,7-9,13H,1-2,5-6H2/t8-,9-,13-/m0/s1. The number of amides is 2. The van der Waals surface area contributed by atoms with Gasteiger partial charge in [-0.1, -0.05) is 6.42 Å². The molecule has 2 aliphatic carbocycles. The number of fused-ring (bicyclic) bond motifs is 3. The van der Waals surface area contributed by atoms with Gasteiger partial charge in [0.05, 0.1) is 16.1 Å². The molecule has 3 atom stereocenters. The van der Waals surface area contributed by atoms with Crippen molar-refractivity contribution in [1.82, 2.24) is 4.90 Å². The summed E-state index contributed by atoms with van der Waals surface area (Å²) in [5.41, 5.74) is 0.329. The van der Waals surface area contributed by atoms with Crippen LogP contribution in [0.5, 0.6) is 0 Å². The van der Waals surface area contributed by atoms with E-state index in [-0.39, 0.29) is 29.1 Å². The number of benzene rings is 1. The fraction of sp³-hybridized carbons (Fsp3) is 0.467. The van der Waals surface area contributed by atoms with Gasteiger partial charge in [0.15, 0.2) is 0 Å². The molecule has 0 saturated heterocycles. The first-order valence-corrected chi connectivity index (χ1v) is 7.22. The van der Waals surface area contributed by atoms with Gasteiger partial charge < -0.3 is 0 Å². The molecule has 2 fully saturated rings. The monoisotopic (exact) mass is 286 g/mol. The molecule has 0 spiro atoms. The molecule has 108 valence electrons. The van der Waals surface area contributed by atoms with Crippen molar-refractivity contribution in [2.75, 3.05) is 0 Å². The molecule has 3 aliphatic rings. The van der Waals surface area contributed by atoms with E-state index in [4.69, 9.17) is 0 Å². The average Bonchev–Trinajstić information content (AvgIpc) is 3.14. The second-order valence-corrected chi connectivity index (χ2v) is 6.21. The Morgan fingerprint density at radius 1 is 1.10 bits per heavy atom. The molecular formula is C15H14N2O4. The first kappa shape index (κ1) is 12.5. The molecule has 1 aromatic rings. The molecule has 4 rings (SSSR count). The third kappa shape index (κ3) is 1.65. The van der Waals surface area contributed by atoms with Gasteiger partial charge in [0.25, 0.3) is 17.5 Å². The summed E-state index contributed by atoms with van der Waals surface area (Å²) < 4.78 is 0. The Hall–Kier alpha value is -2.24. The molecule has 1 aromatic carbocycles.